The molecule has 4 aromatic rings. The number of aryl methyl sites for hydroxylation is 1. The molecule has 0 spiro atoms. The Balaban J connectivity index is 1.44. The zero-order chi connectivity index (χ0) is 18.5. The molecule has 1 heterocycles. The molecular formula is C22H19N3OS. The summed E-state index contributed by atoms with van der Waals surface area (Å²) >= 11 is 1.63. The topological polar surface area (TPSA) is 38.9 Å². The largest absolute Gasteiger partial charge is 0.489 e. The van der Waals surface area contributed by atoms with Crippen LogP contribution in [0.5, 0.6) is 5.75 Å². The summed E-state index contributed by atoms with van der Waals surface area (Å²) in [4.78, 5) is 0.871. The highest BCUT2D eigenvalue weighted by atomic mass is 32.1. The molecule has 27 heavy (non-hydrogen) atoms. The lowest BCUT2D eigenvalue weighted by Crippen LogP contribution is -2.08. The molecule has 0 aliphatic carbocycles. The van der Waals surface area contributed by atoms with E-state index in [1.54, 1.807) is 17.6 Å². The van der Waals surface area contributed by atoms with E-state index in [1.807, 2.05) is 61.6 Å². The average Bonchev–Trinajstić information content (AvgIpc) is 3.04. The van der Waals surface area contributed by atoms with E-state index in [0.29, 0.717) is 6.61 Å². The fraction of sp³-hybridized carbons (Fsp3) is 0.0909. The van der Waals surface area contributed by atoms with Gasteiger partial charge >= 0.3 is 0 Å². The zero-order valence-corrected chi connectivity index (χ0v) is 15.8. The number of hydrogen-bond donors (Lipinski definition) is 0. The highest BCUT2D eigenvalue weighted by Gasteiger charge is 2.00. The summed E-state index contributed by atoms with van der Waals surface area (Å²) in [5, 5.41) is 8.60. The van der Waals surface area contributed by atoms with Crippen LogP contribution in [0.4, 0.5) is 0 Å². The number of thiazole rings is 1. The van der Waals surface area contributed by atoms with Crippen LogP contribution in [0.25, 0.3) is 10.2 Å². The summed E-state index contributed by atoms with van der Waals surface area (Å²) in [5.74, 6) is 0.837. The number of benzene rings is 3. The Morgan fingerprint density at radius 3 is 2.44 bits per heavy atom. The molecule has 3 aromatic carbocycles. The number of aromatic nitrogens is 1. The van der Waals surface area contributed by atoms with E-state index in [4.69, 9.17) is 4.74 Å². The van der Waals surface area contributed by atoms with Gasteiger partial charge in [-0.05, 0) is 47.5 Å². The van der Waals surface area contributed by atoms with Crippen LogP contribution >= 0.6 is 11.3 Å². The number of rotatable bonds is 5. The maximum absolute atomic E-state index is 5.80. The second-order valence-electron chi connectivity index (χ2n) is 6.10. The second-order valence-corrected chi connectivity index (χ2v) is 7.11. The Hall–Kier alpha value is -3.18. The molecule has 0 saturated heterocycles. The minimum absolute atomic E-state index is 0.562. The lowest BCUT2D eigenvalue weighted by Gasteiger charge is -2.06. The predicted octanol–water partition coefficient (Wildman–Crippen LogP) is 4.75. The summed E-state index contributed by atoms with van der Waals surface area (Å²) in [5.41, 5.74) is 3.30. The standard InChI is InChI=1S/C22H19N3OS/c1-25-20-9-5-6-10-21(20)27-22(25)24-23-15-17-11-13-19(14-12-17)26-16-18-7-3-2-4-8-18/h2-15H,16H2,1H3. The molecular weight excluding hydrogens is 354 g/mol. The molecule has 0 unspecified atom stereocenters. The van der Waals surface area contributed by atoms with Gasteiger partial charge in [0.1, 0.15) is 12.4 Å². The molecule has 4 rings (SSSR count). The Labute approximate surface area is 161 Å². The summed E-state index contributed by atoms with van der Waals surface area (Å²) in [6.07, 6.45) is 1.76. The first-order valence-corrected chi connectivity index (χ1v) is 9.50. The van der Waals surface area contributed by atoms with Crippen molar-refractivity contribution in [3.63, 3.8) is 0 Å². The lowest BCUT2D eigenvalue weighted by molar-refractivity contribution is 0.306. The van der Waals surface area contributed by atoms with Gasteiger partial charge in [-0.2, -0.15) is 5.10 Å². The fourth-order valence-corrected chi connectivity index (χ4v) is 3.69. The molecule has 0 aliphatic heterocycles. The highest BCUT2D eigenvalue weighted by molar-refractivity contribution is 7.16. The number of fused-ring (bicyclic) bond motifs is 1. The summed E-state index contributed by atoms with van der Waals surface area (Å²) in [6, 6.07) is 26.2. The Morgan fingerprint density at radius 1 is 0.926 bits per heavy atom. The number of nitrogens with zero attached hydrogens (tertiary/aromatic N) is 3. The molecule has 0 N–H and O–H groups in total. The Morgan fingerprint density at radius 2 is 1.67 bits per heavy atom. The normalized spacial score (nSPS) is 12.1. The quantitative estimate of drug-likeness (QED) is 0.367. The van der Waals surface area contributed by atoms with Crippen molar-refractivity contribution < 1.29 is 4.74 Å². The molecule has 134 valence electrons. The van der Waals surface area contributed by atoms with Crippen molar-refractivity contribution in [2.24, 2.45) is 17.3 Å². The van der Waals surface area contributed by atoms with E-state index >= 15 is 0 Å². The van der Waals surface area contributed by atoms with Gasteiger partial charge < -0.3 is 9.30 Å². The summed E-state index contributed by atoms with van der Waals surface area (Å²) in [7, 11) is 2.01. The van der Waals surface area contributed by atoms with E-state index in [9.17, 15) is 0 Å². The first kappa shape index (κ1) is 17.2. The van der Waals surface area contributed by atoms with Crippen LogP contribution in [0, 0.1) is 0 Å². The Kier molecular flexibility index (Phi) is 5.12. The van der Waals surface area contributed by atoms with Crippen molar-refractivity contribution in [1.29, 1.82) is 0 Å². The summed E-state index contributed by atoms with van der Waals surface area (Å²) in [6.45, 7) is 0.562. The zero-order valence-electron chi connectivity index (χ0n) is 14.9. The average molecular weight is 373 g/mol. The van der Waals surface area contributed by atoms with Gasteiger partial charge in [-0.1, -0.05) is 53.8 Å². The number of para-hydroxylation sites is 1. The maximum Gasteiger partial charge on any atom is 0.211 e. The third kappa shape index (κ3) is 4.15. The molecule has 0 atom stereocenters. The fourth-order valence-electron chi connectivity index (χ4n) is 2.71. The smallest absolute Gasteiger partial charge is 0.211 e. The van der Waals surface area contributed by atoms with E-state index < -0.39 is 0 Å². The van der Waals surface area contributed by atoms with Crippen LogP contribution in [-0.2, 0) is 13.7 Å². The molecule has 0 saturated carbocycles. The predicted molar refractivity (Wildman–Crippen MR) is 111 cm³/mol. The van der Waals surface area contributed by atoms with Gasteiger partial charge in [0, 0.05) is 7.05 Å². The third-order valence-corrected chi connectivity index (χ3v) is 5.30. The van der Waals surface area contributed by atoms with Gasteiger partial charge in [0.25, 0.3) is 0 Å². The monoisotopic (exact) mass is 373 g/mol. The van der Waals surface area contributed by atoms with Gasteiger partial charge in [-0.15, -0.1) is 5.10 Å². The van der Waals surface area contributed by atoms with Gasteiger partial charge in [-0.25, -0.2) is 0 Å². The van der Waals surface area contributed by atoms with Crippen molar-refractivity contribution in [2.75, 3.05) is 0 Å². The van der Waals surface area contributed by atoms with Gasteiger partial charge in [0.15, 0.2) is 0 Å². The van der Waals surface area contributed by atoms with Crippen LogP contribution in [0.15, 0.2) is 89.1 Å². The van der Waals surface area contributed by atoms with E-state index in [0.717, 1.165) is 27.2 Å². The van der Waals surface area contributed by atoms with Crippen molar-refractivity contribution in [3.8, 4) is 5.75 Å². The van der Waals surface area contributed by atoms with Crippen molar-refractivity contribution in [3.05, 3.63) is 94.8 Å². The molecule has 5 heteroatoms. The number of ether oxygens (including phenoxy) is 1. The van der Waals surface area contributed by atoms with Crippen molar-refractivity contribution in [1.82, 2.24) is 4.57 Å². The molecule has 4 nitrogen and oxygen atoms in total. The van der Waals surface area contributed by atoms with E-state index in [2.05, 4.69) is 39.0 Å². The second kappa shape index (κ2) is 8.01. The maximum atomic E-state index is 5.80. The highest BCUT2D eigenvalue weighted by Crippen LogP contribution is 2.15. The SMILES string of the molecule is Cn1c(=NN=Cc2ccc(OCc3ccccc3)cc2)sc2ccccc21. The van der Waals surface area contributed by atoms with E-state index in [1.165, 1.54) is 4.70 Å². The van der Waals surface area contributed by atoms with Crippen LogP contribution < -0.4 is 9.54 Å². The summed E-state index contributed by atoms with van der Waals surface area (Å²) < 4.78 is 9.06. The van der Waals surface area contributed by atoms with Gasteiger partial charge in [-0.3, -0.25) is 0 Å². The minimum Gasteiger partial charge on any atom is -0.489 e. The van der Waals surface area contributed by atoms with Gasteiger partial charge in [0.2, 0.25) is 4.80 Å². The third-order valence-electron chi connectivity index (χ3n) is 4.19. The van der Waals surface area contributed by atoms with Crippen molar-refractivity contribution in [2.45, 2.75) is 6.61 Å². The molecule has 1 aromatic heterocycles. The van der Waals surface area contributed by atoms with E-state index in [-0.39, 0.29) is 0 Å². The van der Waals surface area contributed by atoms with Crippen LogP contribution in [0.2, 0.25) is 0 Å². The number of hydrogen-bond acceptors (Lipinski definition) is 4. The first-order chi connectivity index (χ1) is 13.3. The van der Waals surface area contributed by atoms with Gasteiger partial charge in [0.05, 0.1) is 16.4 Å². The van der Waals surface area contributed by atoms with Crippen LogP contribution in [0.1, 0.15) is 11.1 Å². The Bertz CT molecular complexity index is 1130. The molecule has 0 bridgehead atoms. The first-order valence-electron chi connectivity index (χ1n) is 8.68. The molecule has 0 aliphatic rings. The minimum atomic E-state index is 0.562. The molecule has 0 fully saturated rings. The van der Waals surface area contributed by atoms with Crippen molar-refractivity contribution >= 4 is 27.8 Å². The van der Waals surface area contributed by atoms with Crippen LogP contribution in [-0.4, -0.2) is 10.8 Å². The molecule has 0 amide bonds. The lowest BCUT2D eigenvalue weighted by atomic mass is 10.2. The molecule has 0 radical (unpaired) electrons. The van der Waals surface area contributed by atoms with Crippen LogP contribution in [0.3, 0.4) is 0 Å².